The summed E-state index contributed by atoms with van der Waals surface area (Å²) < 4.78 is 0. The van der Waals surface area contributed by atoms with E-state index in [4.69, 9.17) is 0 Å². The highest BCUT2D eigenvalue weighted by atomic mass is 32.2. The van der Waals surface area contributed by atoms with E-state index in [1.807, 2.05) is 42.5 Å². The van der Waals surface area contributed by atoms with Gasteiger partial charge in [0.25, 0.3) is 5.91 Å². The van der Waals surface area contributed by atoms with Crippen LogP contribution < -0.4 is 5.32 Å². The molecule has 2 amide bonds. The molecule has 2 aromatic rings. The number of amides is 2. The number of benzene rings is 2. The highest BCUT2D eigenvalue weighted by Gasteiger charge is 2.48. The number of carbonyl (C=O) groups is 3. The Morgan fingerprint density at radius 1 is 1.15 bits per heavy atom. The number of nitrogens with zero attached hydrogens (tertiary/aromatic N) is 1. The topological polar surface area (TPSA) is 86.7 Å². The Labute approximate surface area is 160 Å². The molecule has 2 aliphatic heterocycles. The zero-order chi connectivity index (χ0) is 19.0. The van der Waals surface area contributed by atoms with Crippen molar-refractivity contribution in [3.05, 3.63) is 71.3 Å². The van der Waals surface area contributed by atoms with Gasteiger partial charge in [-0.05, 0) is 17.2 Å². The first kappa shape index (κ1) is 17.6. The van der Waals surface area contributed by atoms with Crippen molar-refractivity contribution in [1.29, 1.82) is 0 Å². The fourth-order valence-corrected chi connectivity index (χ4v) is 5.02. The summed E-state index contributed by atoms with van der Waals surface area (Å²) >= 11 is 1.53. The zero-order valence-electron chi connectivity index (χ0n) is 14.4. The number of carboxylic acids is 1. The summed E-state index contributed by atoms with van der Waals surface area (Å²) in [5, 5.41) is 11.9. The lowest BCUT2D eigenvalue weighted by atomic mass is 10.1. The van der Waals surface area contributed by atoms with E-state index in [1.54, 1.807) is 17.0 Å². The van der Waals surface area contributed by atoms with Crippen molar-refractivity contribution >= 4 is 29.5 Å². The van der Waals surface area contributed by atoms with Crippen molar-refractivity contribution in [2.24, 2.45) is 0 Å². The van der Waals surface area contributed by atoms with Gasteiger partial charge in [0, 0.05) is 17.7 Å². The van der Waals surface area contributed by atoms with Gasteiger partial charge in [-0.3, -0.25) is 9.59 Å². The van der Waals surface area contributed by atoms with Crippen LogP contribution in [0.4, 0.5) is 0 Å². The molecule has 0 bridgehead atoms. The molecule has 0 unspecified atom stereocenters. The molecule has 0 radical (unpaired) electrons. The van der Waals surface area contributed by atoms with E-state index < -0.39 is 24.0 Å². The Kier molecular flexibility index (Phi) is 4.61. The summed E-state index contributed by atoms with van der Waals surface area (Å²) in [7, 11) is 0. The highest BCUT2D eigenvalue weighted by Crippen LogP contribution is 2.48. The van der Waals surface area contributed by atoms with Gasteiger partial charge in [-0.25, -0.2) is 4.79 Å². The van der Waals surface area contributed by atoms with Gasteiger partial charge >= 0.3 is 5.97 Å². The maximum atomic E-state index is 12.8. The lowest BCUT2D eigenvalue weighted by molar-refractivity contribution is -0.142. The molecule has 2 N–H and O–H groups in total. The molecule has 0 saturated carbocycles. The molecule has 27 heavy (non-hydrogen) atoms. The molecular formula is C20H18N2O4S. The molecule has 1 fully saturated rings. The number of aliphatic carboxylic acids is 1. The maximum absolute atomic E-state index is 12.8. The highest BCUT2D eigenvalue weighted by molar-refractivity contribution is 7.99. The minimum absolute atomic E-state index is 0.171. The maximum Gasteiger partial charge on any atom is 0.326 e. The van der Waals surface area contributed by atoms with Crippen molar-refractivity contribution in [2.75, 3.05) is 5.75 Å². The monoisotopic (exact) mass is 382 g/mol. The summed E-state index contributed by atoms with van der Waals surface area (Å²) in [6.45, 7) is 0. The summed E-state index contributed by atoms with van der Waals surface area (Å²) in [5.41, 5.74) is 2.36. The van der Waals surface area contributed by atoms with Gasteiger partial charge in [-0.2, -0.15) is 0 Å². The van der Waals surface area contributed by atoms with Crippen LogP contribution in [0.2, 0.25) is 0 Å². The Hall–Kier alpha value is -2.80. The normalized spacial score (nSPS) is 21.5. The molecular weight excluding hydrogens is 364 g/mol. The largest absolute Gasteiger partial charge is 0.480 e. The predicted molar refractivity (Wildman–Crippen MR) is 101 cm³/mol. The van der Waals surface area contributed by atoms with Gasteiger partial charge in [-0.1, -0.05) is 48.5 Å². The number of fused-ring (bicyclic) bond motifs is 3. The quantitative estimate of drug-likeness (QED) is 0.827. The van der Waals surface area contributed by atoms with Crippen LogP contribution in [-0.2, 0) is 16.0 Å². The summed E-state index contributed by atoms with van der Waals surface area (Å²) in [6.07, 6.45) is 0.194. The third-order valence-electron chi connectivity index (χ3n) is 4.89. The van der Waals surface area contributed by atoms with Gasteiger partial charge in [0.15, 0.2) is 0 Å². The third kappa shape index (κ3) is 3.19. The average molecular weight is 382 g/mol. The number of hydrogen-bond donors (Lipinski definition) is 2. The van der Waals surface area contributed by atoms with Gasteiger partial charge < -0.3 is 15.3 Å². The molecule has 4 rings (SSSR count). The van der Waals surface area contributed by atoms with Crippen LogP contribution in [0.15, 0.2) is 54.6 Å². The van der Waals surface area contributed by atoms with Crippen molar-refractivity contribution in [1.82, 2.24) is 10.2 Å². The molecule has 0 aliphatic carbocycles. The second-order valence-electron chi connectivity index (χ2n) is 6.59. The van der Waals surface area contributed by atoms with E-state index in [0.29, 0.717) is 11.3 Å². The van der Waals surface area contributed by atoms with Crippen molar-refractivity contribution in [3.63, 3.8) is 0 Å². The van der Waals surface area contributed by atoms with E-state index in [-0.39, 0.29) is 17.7 Å². The summed E-state index contributed by atoms with van der Waals surface area (Å²) in [4.78, 5) is 38.7. The Bertz CT molecular complexity index is 902. The van der Waals surface area contributed by atoms with E-state index in [0.717, 1.165) is 11.1 Å². The fourth-order valence-electron chi connectivity index (χ4n) is 3.56. The van der Waals surface area contributed by atoms with Crippen molar-refractivity contribution in [2.45, 2.75) is 23.9 Å². The first-order chi connectivity index (χ1) is 13.1. The first-order valence-corrected chi connectivity index (χ1v) is 9.71. The minimum Gasteiger partial charge on any atom is -0.480 e. The predicted octanol–water partition coefficient (Wildman–Crippen LogP) is 2.07. The lowest BCUT2D eigenvalue weighted by Crippen LogP contribution is -2.51. The van der Waals surface area contributed by atoms with E-state index >= 15 is 0 Å². The van der Waals surface area contributed by atoms with E-state index in [9.17, 15) is 19.5 Å². The van der Waals surface area contributed by atoms with E-state index in [1.165, 1.54) is 11.8 Å². The Morgan fingerprint density at radius 2 is 1.85 bits per heavy atom. The molecule has 7 heteroatoms. The number of rotatable bonds is 5. The zero-order valence-corrected chi connectivity index (χ0v) is 15.2. The number of carboxylic acid groups (broad SMARTS) is 1. The summed E-state index contributed by atoms with van der Waals surface area (Å²) in [6, 6.07) is 14.8. The molecule has 0 spiro atoms. The molecule has 3 atom stereocenters. The standard InChI is InChI=1S/C20H18N2O4S/c23-17(21-15(20(25)26)10-12-6-2-1-3-7-12)16-11-27-19-14-9-5-4-8-13(14)18(24)22(16)19/h1-9,15-16,19H,10-11H2,(H,21,23)(H,25,26)/t15-,16+,19+/m0/s1. The Morgan fingerprint density at radius 3 is 2.59 bits per heavy atom. The summed E-state index contributed by atoms with van der Waals surface area (Å²) in [5.74, 6) is -1.23. The average Bonchev–Trinajstić information content (AvgIpc) is 3.23. The molecule has 138 valence electrons. The number of hydrogen-bond acceptors (Lipinski definition) is 4. The lowest BCUT2D eigenvalue weighted by Gasteiger charge is -2.24. The van der Waals surface area contributed by atoms with Gasteiger partial charge in [0.05, 0.1) is 0 Å². The first-order valence-electron chi connectivity index (χ1n) is 8.66. The van der Waals surface area contributed by atoms with Crippen molar-refractivity contribution in [3.8, 4) is 0 Å². The van der Waals surface area contributed by atoms with Crippen LogP contribution in [0.1, 0.15) is 26.9 Å². The molecule has 2 heterocycles. The SMILES string of the molecule is O=C(O)[C@H](Cc1ccccc1)NC(=O)[C@H]1CS[C@@H]2c3ccccc3C(=O)N12. The van der Waals surface area contributed by atoms with Gasteiger partial charge in [0.2, 0.25) is 5.91 Å². The fraction of sp³-hybridized carbons (Fsp3) is 0.250. The second kappa shape index (κ2) is 7.08. The smallest absolute Gasteiger partial charge is 0.326 e. The van der Waals surface area contributed by atoms with Gasteiger partial charge in [-0.15, -0.1) is 11.8 Å². The molecule has 1 saturated heterocycles. The number of nitrogens with one attached hydrogen (secondary N) is 1. The van der Waals surface area contributed by atoms with Crippen LogP contribution in [0, 0.1) is 0 Å². The third-order valence-corrected chi connectivity index (χ3v) is 6.20. The van der Waals surface area contributed by atoms with Crippen LogP contribution >= 0.6 is 11.8 Å². The van der Waals surface area contributed by atoms with Crippen molar-refractivity contribution < 1.29 is 19.5 Å². The molecule has 0 aromatic heterocycles. The minimum atomic E-state index is -1.09. The number of carbonyl (C=O) groups excluding carboxylic acids is 2. The van der Waals surface area contributed by atoms with Gasteiger partial charge in [0.1, 0.15) is 17.5 Å². The van der Waals surface area contributed by atoms with Crippen LogP contribution in [-0.4, -0.2) is 45.6 Å². The second-order valence-corrected chi connectivity index (χ2v) is 7.70. The Balaban J connectivity index is 1.50. The molecule has 2 aliphatic rings. The molecule has 6 nitrogen and oxygen atoms in total. The van der Waals surface area contributed by atoms with Crippen LogP contribution in [0.25, 0.3) is 0 Å². The number of thioether (sulfide) groups is 1. The van der Waals surface area contributed by atoms with E-state index in [2.05, 4.69) is 5.32 Å². The van der Waals surface area contributed by atoms with Crippen LogP contribution in [0.3, 0.4) is 0 Å². The van der Waals surface area contributed by atoms with Crippen LogP contribution in [0.5, 0.6) is 0 Å². The molecule has 2 aromatic carbocycles.